The molecule has 40 heavy (non-hydrogen) atoms. The van der Waals surface area contributed by atoms with Gasteiger partial charge in [-0.3, -0.25) is 9.59 Å². The molecule has 3 aromatic rings. The van der Waals surface area contributed by atoms with Crippen molar-refractivity contribution >= 4 is 45.7 Å². The van der Waals surface area contributed by atoms with Gasteiger partial charge in [-0.05, 0) is 88.3 Å². The van der Waals surface area contributed by atoms with Crippen molar-refractivity contribution in [3.63, 3.8) is 0 Å². The lowest BCUT2D eigenvalue weighted by atomic mass is 10.00. The van der Waals surface area contributed by atoms with Crippen LogP contribution in [0.3, 0.4) is 0 Å². The van der Waals surface area contributed by atoms with E-state index < -0.39 is 11.6 Å². The predicted octanol–water partition coefficient (Wildman–Crippen LogP) is 6.15. The van der Waals surface area contributed by atoms with Gasteiger partial charge < -0.3 is 28.8 Å². The van der Waals surface area contributed by atoms with Crippen molar-refractivity contribution in [3.8, 4) is 34.5 Å². The first-order chi connectivity index (χ1) is 19.2. The van der Waals surface area contributed by atoms with Crippen molar-refractivity contribution in [2.75, 3.05) is 35.5 Å². The molecule has 0 heterocycles. The fraction of sp³-hybridized carbons (Fsp3) is 0.161. The minimum atomic E-state index is -0.544. The molecule has 0 aromatic heterocycles. The van der Waals surface area contributed by atoms with Gasteiger partial charge >= 0.3 is 0 Å². The molecule has 0 spiro atoms. The van der Waals surface area contributed by atoms with Gasteiger partial charge in [-0.15, -0.1) is 0 Å². The van der Waals surface area contributed by atoms with Gasteiger partial charge in [0.2, 0.25) is 0 Å². The second-order valence-corrected chi connectivity index (χ2v) is 9.08. The molecule has 1 N–H and O–H groups in total. The van der Waals surface area contributed by atoms with E-state index in [1.54, 1.807) is 68.8 Å². The highest BCUT2D eigenvalue weighted by Crippen LogP contribution is 2.36. The molecule has 9 heteroatoms. The summed E-state index contributed by atoms with van der Waals surface area (Å²) in [5.74, 6) is 1.19. The summed E-state index contributed by atoms with van der Waals surface area (Å²) in [5, 5.41) is 10.2. The van der Waals surface area contributed by atoms with Crippen molar-refractivity contribution in [3.05, 3.63) is 87.4 Å². The van der Waals surface area contributed by atoms with E-state index in [2.05, 4.69) is 15.9 Å². The number of phenolic OH excluding ortho intramolecular Hbond substituents is 1. The van der Waals surface area contributed by atoms with E-state index in [0.717, 1.165) is 0 Å². The first-order valence-corrected chi connectivity index (χ1v) is 12.7. The Balaban J connectivity index is 2.04. The Morgan fingerprint density at radius 1 is 0.675 bits per heavy atom. The zero-order chi connectivity index (χ0) is 29.2. The Morgan fingerprint density at radius 2 is 1.15 bits per heavy atom. The molecule has 0 amide bonds. The van der Waals surface area contributed by atoms with Crippen LogP contribution in [-0.4, -0.2) is 52.2 Å². The van der Waals surface area contributed by atoms with Crippen LogP contribution in [0.4, 0.5) is 0 Å². The van der Waals surface area contributed by atoms with Crippen molar-refractivity contribution in [1.82, 2.24) is 0 Å². The van der Waals surface area contributed by atoms with Crippen LogP contribution in [0.15, 0.2) is 70.7 Å². The maximum atomic E-state index is 13.4. The Bertz CT molecular complexity index is 1410. The summed E-state index contributed by atoms with van der Waals surface area (Å²) >= 11 is 3.27. The van der Waals surface area contributed by atoms with Gasteiger partial charge in [-0.25, -0.2) is 0 Å². The fourth-order valence-electron chi connectivity index (χ4n) is 3.69. The van der Waals surface area contributed by atoms with Crippen molar-refractivity contribution < 1.29 is 38.4 Å². The summed E-state index contributed by atoms with van der Waals surface area (Å²) in [6.07, 6.45) is 7.14. The average molecular weight is 609 g/mol. The number of benzene rings is 3. The second-order valence-electron chi connectivity index (χ2n) is 8.22. The molecule has 3 rings (SSSR count). The van der Waals surface area contributed by atoms with Crippen LogP contribution in [-0.2, 0) is 9.59 Å². The lowest BCUT2D eigenvalue weighted by Gasteiger charge is -2.09. The number of ketones is 2. The number of hydrogen-bond donors (Lipinski definition) is 1. The van der Waals surface area contributed by atoms with E-state index in [9.17, 15) is 14.7 Å². The number of halogens is 1. The monoisotopic (exact) mass is 608 g/mol. The molecule has 0 saturated carbocycles. The highest BCUT2D eigenvalue weighted by molar-refractivity contribution is 9.10. The lowest BCUT2D eigenvalue weighted by Crippen LogP contribution is -2.09. The molecule has 0 radical (unpaired) electrons. The average Bonchev–Trinajstić information content (AvgIpc) is 2.98. The van der Waals surface area contributed by atoms with Crippen molar-refractivity contribution in [1.29, 1.82) is 0 Å². The molecule has 0 aliphatic rings. The Kier molecular flexibility index (Phi) is 10.6. The molecular weight excluding hydrogens is 580 g/mol. The molecule has 0 atom stereocenters. The van der Waals surface area contributed by atoms with E-state index in [0.29, 0.717) is 44.2 Å². The van der Waals surface area contributed by atoms with Crippen LogP contribution in [0.2, 0.25) is 0 Å². The standard InChI is InChI=1S/C31H29BrO8/c1-36-22-10-6-20(28(17-22)38-3)8-12-26(33)24(14-19-15-25(32)31(35)30(16-19)40-5)27(34)13-9-21-7-11-23(37-2)18-29(21)39-4/h6-18,35H,1-5H3/b12-8+,13-9+. The molecule has 208 valence electrons. The summed E-state index contributed by atoms with van der Waals surface area (Å²) in [6, 6.07) is 13.4. The number of ether oxygens (including phenoxy) is 5. The van der Waals surface area contributed by atoms with Crippen LogP contribution in [0.5, 0.6) is 34.5 Å². The zero-order valence-corrected chi connectivity index (χ0v) is 24.3. The molecule has 0 aliphatic carbocycles. The normalized spacial score (nSPS) is 10.8. The van der Waals surface area contributed by atoms with Crippen LogP contribution in [0, 0.1) is 0 Å². The number of allylic oxidation sites excluding steroid dienone is 3. The van der Waals surface area contributed by atoms with Gasteiger partial charge in [0, 0.05) is 23.3 Å². The summed E-state index contributed by atoms with van der Waals surface area (Å²) < 4.78 is 26.8. The third kappa shape index (κ3) is 7.33. The lowest BCUT2D eigenvalue weighted by molar-refractivity contribution is -0.116. The van der Waals surface area contributed by atoms with Crippen LogP contribution < -0.4 is 23.7 Å². The highest BCUT2D eigenvalue weighted by Gasteiger charge is 2.17. The summed E-state index contributed by atoms with van der Waals surface area (Å²) in [4.78, 5) is 26.8. The van der Waals surface area contributed by atoms with E-state index in [1.807, 2.05) is 0 Å². The van der Waals surface area contributed by atoms with E-state index in [1.165, 1.54) is 45.6 Å². The van der Waals surface area contributed by atoms with Crippen LogP contribution in [0.1, 0.15) is 16.7 Å². The number of methoxy groups -OCH3 is 5. The number of aromatic hydroxyl groups is 1. The largest absolute Gasteiger partial charge is 0.503 e. The summed E-state index contributed by atoms with van der Waals surface area (Å²) in [5.41, 5.74) is 1.59. The highest BCUT2D eigenvalue weighted by atomic mass is 79.9. The van der Waals surface area contributed by atoms with Gasteiger partial charge in [-0.1, -0.05) is 0 Å². The first kappa shape index (κ1) is 30.0. The number of carbonyl (C=O) groups is 2. The predicted molar refractivity (Wildman–Crippen MR) is 158 cm³/mol. The van der Waals surface area contributed by atoms with E-state index in [4.69, 9.17) is 23.7 Å². The molecule has 0 aliphatic heterocycles. The molecule has 0 bridgehead atoms. The SMILES string of the molecule is COc1ccc(/C=C/C(=O)C(=Cc2cc(Br)c(O)c(OC)c2)C(=O)/C=C/c2ccc(OC)cc2OC)c(OC)c1. The molecule has 0 fully saturated rings. The van der Waals surface area contributed by atoms with Gasteiger partial charge in [-0.2, -0.15) is 0 Å². The van der Waals surface area contributed by atoms with Crippen molar-refractivity contribution in [2.24, 2.45) is 0 Å². The van der Waals surface area contributed by atoms with E-state index in [-0.39, 0.29) is 17.1 Å². The number of phenols is 1. The Hall–Kier alpha value is -4.50. The molecule has 8 nitrogen and oxygen atoms in total. The van der Waals surface area contributed by atoms with E-state index >= 15 is 0 Å². The van der Waals surface area contributed by atoms with Crippen LogP contribution in [0.25, 0.3) is 18.2 Å². The van der Waals surface area contributed by atoms with Crippen molar-refractivity contribution in [2.45, 2.75) is 0 Å². The summed E-state index contributed by atoms with van der Waals surface area (Å²) in [7, 11) is 7.51. The fourth-order valence-corrected chi connectivity index (χ4v) is 4.15. The quantitative estimate of drug-likeness (QED) is 0.148. The number of carbonyl (C=O) groups excluding carboxylic acids is 2. The first-order valence-electron chi connectivity index (χ1n) is 11.9. The maximum Gasteiger partial charge on any atom is 0.189 e. The third-order valence-electron chi connectivity index (χ3n) is 5.82. The Labute approximate surface area is 241 Å². The molecule has 3 aromatic carbocycles. The third-order valence-corrected chi connectivity index (χ3v) is 6.43. The molecule has 0 saturated heterocycles. The van der Waals surface area contributed by atoms with Gasteiger partial charge in [0.05, 0.1) is 45.6 Å². The number of rotatable bonds is 12. The second kappa shape index (κ2) is 14.0. The van der Waals surface area contributed by atoms with Gasteiger partial charge in [0.15, 0.2) is 23.1 Å². The Morgan fingerprint density at radius 3 is 1.57 bits per heavy atom. The maximum absolute atomic E-state index is 13.4. The smallest absolute Gasteiger partial charge is 0.189 e. The van der Waals surface area contributed by atoms with Gasteiger partial charge in [0.1, 0.15) is 23.0 Å². The zero-order valence-electron chi connectivity index (χ0n) is 22.7. The molecular formula is C31H29BrO8. The van der Waals surface area contributed by atoms with Gasteiger partial charge in [0.25, 0.3) is 0 Å². The van der Waals surface area contributed by atoms with Crippen LogP contribution >= 0.6 is 15.9 Å². The summed E-state index contributed by atoms with van der Waals surface area (Å²) in [6.45, 7) is 0. The topological polar surface area (TPSA) is 101 Å². The number of hydrogen-bond acceptors (Lipinski definition) is 8. The molecule has 0 unspecified atom stereocenters. The minimum Gasteiger partial charge on any atom is -0.503 e. The minimum absolute atomic E-state index is 0.100.